The molecule has 354 valence electrons. The first-order chi connectivity index (χ1) is 13.8. The van der Waals surface area contributed by atoms with Crippen LogP contribution in [0.25, 0.3) is 0 Å². The maximum atomic E-state index is 8.70. The van der Waals surface area contributed by atoms with E-state index in [-0.39, 0.29) is 318 Å². The molecule has 4 radical (unpaired) electrons. The van der Waals surface area contributed by atoms with Crippen molar-refractivity contribution in [2.24, 2.45) is 0 Å². The van der Waals surface area contributed by atoms with Gasteiger partial charge in [0.1, 0.15) is 13.6 Å². The molecule has 0 aromatic heterocycles. The molecule has 53 heavy (non-hydrogen) atoms. The zero-order chi connectivity index (χ0) is 23.6. The molecular weight excluding hydrogens is 988 g/mol. The van der Waals surface area contributed by atoms with Gasteiger partial charge in [0, 0.05) is 164 Å². The summed E-state index contributed by atoms with van der Waals surface area (Å²) >= 11 is 0. The second-order valence-corrected chi connectivity index (χ2v) is 5.85. The molecule has 3 unspecified atom stereocenters. The van der Waals surface area contributed by atoms with Gasteiger partial charge in [-0.3, -0.25) is 0 Å². The van der Waals surface area contributed by atoms with E-state index in [2.05, 4.69) is 0 Å². The molecule has 0 aromatic rings. The van der Waals surface area contributed by atoms with Gasteiger partial charge >= 0.3 is 0 Å². The van der Waals surface area contributed by atoms with Gasteiger partial charge in [-0.25, -0.2) is 0 Å². The summed E-state index contributed by atoms with van der Waals surface area (Å²) in [5.41, 5.74) is 0.0503. The Bertz CT molecular complexity index is 288. The van der Waals surface area contributed by atoms with E-state index in [4.69, 9.17) is 55.4 Å². The zero-order valence-electron chi connectivity index (χ0n) is 20.3. The van der Waals surface area contributed by atoms with Crippen LogP contribution in [0.2, 0.25) is 0 Å². The van der Waals surface area contributed by atoms with Crippen LogP contribution in [0, 0.1) is 0 Å². The fourth-order valence-electron chi connectivity index (χ4n) is 1.24. The van der Waals surface area contributed by atoms with Gasteiger partial charge in [0.2, 0.25) is 0 Å². The smallest absolute Gasteiger partial charge is 0.140 e. The van der Waals surface area contributed by atoms with Gasteiger partial charge in [-0.1, -0.05) is 155 Å². The van der Waals surface area contributed by atoms with Crippen molar-refractivity contribution in [3.8, 4) is 0 Å². The second-order valence-electron chi connectivity index (χ2n) is 5.85. The maximum absolute atomic E-state index is 8.70. The van der Waals surface area contributed by atoms with Crippen LogP contribution >= 0.6 is 0 Å². The van der Waals surface area contributed by atoms with E-state index in [1.54, 1.807) is 6.92 Å². The molecule has 2 aliphatic heterocycles. The monoisotopic (exact) mass is 1110 g/mol. The molecule has 15 heteroatoms. The average molecular weight is 1110 g/mol. The van der Waals surface area contributed by atoms with Crippen molar-refractivity contribution in [1.82, 2.24) is 0 Å². The third kappa shape index (κ3) is 284. The molecule has 0 saturated carbocycles. The molecular formula is C38H124O11Y4. The minimum Gasteiger partial charge on any atom is -0.397 e. The molecule has 2 saturated heterocycles. The fourth-order valence-corrected chi connectivity index (χ4v) is 1.24. The number of aliphatic hydroxyl groups is 9. The molecule has 2 fully saturated rings. The third-order valence-corrected chi connectivity index (χ3v) is 3.06. The predicted molar refractivity (Wildman–Crippen MR) is 241 cm³/mol. The van der Waals surface area contributed by atoms with Crippen molar-refractivity contribution >= 4 is 0 Å². The van der Waals surface area contributed by atoms with Crippen LogP contribution in [0.15, 0.2) is 0 Å². The van der Waals surface area contributed by atoms with E-state index in [0.717, 1.165) is 32.5 Å². The molecule has 3 atom stereocenters. The standard InChI is InChI=1S/C5H10O2.C5H12O2.C4H8O2.C2H6O.2CH4O2.20CH4.4Y/c1-5(2-3-6)4-7-5;1-2-5(7)3-4-6;5-2-1-4-3-6-4;1-2-3;2*2-1-3;;;;;;;;;;;;;;;;;;;;;;;;/h6H,2-4H2,1H3;5-7H,2-4H2,1H3;4-5H,1-3H2;3H,2H2,1H3;2*2-3H,1H2;20*1H4;;;;. The summed E-state index contributed by atoms with van der Waals surface area (Å²) in [5, 5.41) is 69.5. The largest absolute Gasteiger partial charge is 0.397 e. The summed E-state index contributed by atoms with van der Waals surface area (Å²) in [7, 11) is 0. The van der Waals surface area contributed by atoms with Crippen LogP contribution in [0.1, 0.15) is 195 Å². The third-order valence-electron chi connectivity index (χ3n) is 3.06. The Labute approximate surface area is 446 Å². The maximum Gasteiger partial charge on any atom is 0.140 e. The van der Waals surface area contributed by atoms with Gasteiger partial charge in [-0.15, -0.1) is 0 Å². The van der Waals surface area contributed by atoms with E-state index >= 15 is 0 Å². The fraction of sp³-hybridized carbons (Fsp3) is 1.00. The van der Waals surface area contributed by atoms with Crippen molar-refractivity contribution in [1.29, 1.82) is 0 Å². The summed E-state index contributed by atoms with van der Waals surface area (Å²) in [5.74, 6) is 0. The number of hydrogen-bond donors (Lipinski definition) is 9. The SMILES string of the molecule is C.C.C.C.C.C.C.C.C.C.C.C.C.C.C.C.C.C.C.C.CC1(CCO)CO1.CCC(O)CCO.CCO.OCCC1CO1.OCO.OCO.[Y].[Y].[Y].[Y]. The Morgan fingerprint density at radius 3 is 0.811 bits per heavy atom. The molecule has 0 aromatic carbocycles. The first kappa shape index (κ1) is 213. The Balaban J connectivity index is -0.00000000510. The van der Waals surface area contributed by atoms with Crippen molar-refractivity contribution in [3.05, 3.63) is 0 Å². The van der Waals surface area contributed by atoms with Gasteiger partial charge in [-0.05, 0) is 33.1 Å². The van der Waals surface area contributed by atoms with Gasteiger partial charge in [0.05, 0.1) is 31.0 Å². The molecule has 0 amide bonds. The first-order valence-electron chi connectivity index (χ1n) is 9.56. The summed E-state index contributed by atoms with van der Waals surface area (Å²) in [6.07, 6.45) is 2.95. The van der Waals surface area contributed by atoms with Crippen LogP contribution in [-0.4, -0.2) is 117 Å². The number of epoxide rings is 2. The van der Waals surface area contributed by atoms with Crippen LogP contribution in [0.3, 0.4) is 0 Å². The number of ether oxygens (including phenoxy) is 2. The molecule has 2 rings (SSSR count). The van der Waals surface area contributed by atoms with Crippen molar-refractivity contribution in [2.75, 3.05) is 53.2 Å². The van der Waals surface area contributed by atoms with Crippen molar-refractivity contribution < 1.29 is 186 Å². The van der Waals surface area contributed by atoms with Gasteiger partial charge in [0.25, 0.3) is 0 Å². The summed E-state index contributed by atoms with van der Waals surface area (Å²) < 4.78 is 9.77. The summed E-state index contributed by atoms with van der Waals surface area (Å²) in [6, 6.07) is 0. The summed E-state index contributed by atoms with van der Waals surface area (Å²) in [4.78, 5) is 0. The number of aliphatic hydroxyl groups excluding tert-OH is 7. The van der Waals surface area contributed by atoms with Crippen molar-refractivity contribution in [3.63, 3.8) is 0 Å². The molecule has 9 N–H and O–H groups in total. The van der Waals surface area contributed by atoms with Crippen molar-refractivity contribution in [2.45, 2.75) is 213 Å². The number of hydrogen-bond acceptors (Lipinski definition) is 11. The Morgan fingerprint density at radius 1 is 0.528 bits per heavy atom. The van der Waals surface area contributed by atoms with Gasteiger partial charge in [-0.2, -0.15) is 0 Å². The quantitative estimate of drug-likeness (QED) is 0.0866. The molecule has 0 aliphatic carbocycles. The normalized spacial score (nSPS) is 11.4. The Kier molecular flexibility index (Phi) is 755. The Morgan fingerprint density at radius 2 is 0.755 bits per heavy atom. The minimum atomic E-state index is -0.750. The van der Waals surface area contributed by atoms with Crippen LogP contribution < -0.4 is 0 Å². The van der Waals surface area contributed by atoms with Gasteiger partial charge < -0.3 is 55.4 Å². The molecule has 11 nitrogen and oxygen atoms in total. The van der Waals surface area contributed by atoms with E-state index in [1.807, 2.05) is 13.8 Å². The average Bonchev–Trinajstić information content (AvgIpc) is 3.59. The van der Waals surface area contributed by atoms with Crippen LogP contribution in [0.5, 0.6) is 0 Å². The summed E-state index contributed by atoms with van der Waals surface area (Å²) in [6.45, 7) is 6.62. The van der Waals surface area contributed by atoms with E-state index < -0.39 is 13.6 Å². The predicted octanol–water partition coefficient (Wildman–Crippen LogP) is 10.6. The van der Waals surface area contributed by atoms with E-state index in [9.17, 15) is 0 Å². The number of rotatable bonds is 7. The Hall–Kier alpha value is 3.98. The second kappa shape index (κ2) is 188. The molecule has 0 spiro atoms. The topological polar surface area (TPSA) is 207 Å². The molecule has 0 bridgehead atoms. The first-order valence-corrected chi connectivity index (χ1v) is 9.56. The van der Waals surface area contributed by atoms with Crippen LogP contribution in [0.4, 0.5) is 0 Å². The van der Waals surface area contributed by atoms with E-state index in [0.29, 0.717) is 12.5 Å². The van der Waals surface area contributed by atoms with E-state index in [1.165, 1.54) is 0 Å². The zero-order valence-corrected chi connectivity index (χ0v) is 31.6. The molecule has 2 aliphatic rings. The van der Waals surface area contributed by atoms with Gasteiger partial charge in [0.15, 0.2) is 0 Å². The van der Waals surface area contributed by atoms with Crippen LogP contribution in [-0.2, 0) is 140 Å². The molecule has 2 heterocycles. The minimum absolute atomic E-state index is 0.